The second-order valence-electron chi connectivity index (χ2n) is 3.63. The fourth-order valence-corrected chi connectivity index (χ4v) is 2.35. The lowest BCUT2D eigenvalue weighted by molar-refractivity contribution is 0.564. The van der Waals surface area contributed by atoms with Crippen LogP contribution in [0.15, 0.2) is 47.4 Å². The Morgan fingerprint density at radius 3 is 2.56 bits per heavy atom. The third-order valence-electron chi connectivity index (χ3n) is 2.68. The predicted molar refractivity (Wildman–Crippen MR) is 64.8 cm³/mol. The molecule has 80 valence electrons. The van der Waals surface area contributed by atoms with Gasteiger partial charge in [-0.1, -0.05) is 24.3 Å². The Kier molecular flexibility index (Phi) is 2.05. The highest BCUT2D eigenvalue weighted by molar-refractivity contribution is 7.79. The van der Waals surface area contributed by atoms with E-state index in [2.05, 4.69) is 4.98 Å². The van der Waals surface area contributed by atoms with E-state index >= 15 is 0 Å². The summed E-state index contributed by atoms with van der Waals surface area (Å²) in [5.74, 6) is 0. The molecule has 1 aromatic heterocycles. The van der Waals surface area contributed by atoms with Gasteiger partial charge in [0.1, 0.15) is 0 Å². The monoisotopic (exact) mass is 231 g/mol. The van der Waals surface area contributed by atoms with Crippen LogP contribution >= 0.6 is 0 Å². The quantitative estimate of drug-likeness (QED) is 0.633. The maximum Gasteiger partial charge on any atom is 0.186 e. The summed E-state index contributed by atoms with van der Waals surface area (Å²) in [5, 5.41) is 2.21. The van der Waals surface area contributed by atoms with Crippen LogP contribution in [0.3, 0.4) is 0 Å². The molecule has 0 aliphatic rings. The van der Waals surface area contributed by atoms with Gasteiger partial charge in [0.15, 0.2) is 11.1 Å². The molecule has 3 rings (SSSR count). The average molecular weight is 231 g/mol. The molecule has 0 spiro atoms. The van der Waals surface area contributed by atoms with Crippen LogP contribution in [-0.2, 0) is 11.1 Å². The SMILES string of the molecule is O=S(O)c1ccc2c(c1)[nH]c1ccccc12. The maximum absolute atomic E-state index is 11.0. The number of aromatic amines is 1. The number of nitrogens with one attached hydrogen (secondary N) is 1. The molecule has 1 atom stereocenters. The number of rotatable bonds is 1. The normalized spacial score (nSPS) is 13.3. The Balaban J connectivity index is 2.41. The van der Waals surface area contributed by atoms with Gasteiger partial charge in [-0.2, -0.15) is 0 Å². The molecule has 3 aromatic rings. The van der Waals surface area contributed by atoms with Crippen molar-refractivity contribution in [1.29, 1.82) is 0 Å². The van der Waals surface area contributed by atoms with Crippen molar-refractivity contribution < 1.29 is 8.76 Å². The van der Waals surface area contributed by atoms with Crippen LogP contribution in [0.2, 0.25) is 0 Å². The molecule has 3 nitrogen and oxygen atoms in total. The van der Waals surface area contributed by atoms with Crippen molar-refractivity contribution in [1.82, 2.24) is 4.98 Å². The Hall–Kier alpha value is -1.65. The number of benzene rings is 2. The summed E-state index contributed by atoms with van der Waals surface area (Å²) in [7, 11) is 0. The summed E-state index contributed by atoms with van der Waals surface area (Å²) in [4.78, 5) is 3.64. The van der Waals surface area contributed by atoms with Gasteiger partial charge in [-0.15, -0.1) is 0 Å². The fraction of sp³-hybridized carbons (Fsp3) is 0. The number of H-pyrrole nitrogens is 1. The third kappa shape index (κ3) is 1.35. The molecule has 1 unspecified atom stereocenters. The van der Waals surface area contributed by atoms with Gasteiger partial charge in [-0.05, 0) is 18.2 Å². The number of hydrogen-bond acceptors (Lipinski definition) is 1. The lowest BCUT2D eigenvalue weighted by Gasteiger charge is -1.94. The van der Waals surface area contributed by atoms with Crippen molar-refractivity contribution in [2.75, 3.05) is 0 Å². The highest BCUT2D eigenvalue weighted by atomic mass is 32.2. The van der Waals surface area contributed by atoms with Crippen molar-refractivity contribution in [3.63, 3.8) is 0 Å². The highest BCUT2D eigenvalue weighted by Gasteiger charge is 2.06. The highest BCUT2D eigenvalue weighted by Crippen LogP contribution is 2.26. The molecule has 1 heterocycles. The van der Waals surface area contributed by atoms with Crippen LogP contribution < -0.4 is 0 Å². The lowest BCUT2D eigenvalue weighted by atomic mass is 10.2. The van der Waals surface area contributed by atoms with Gasteiger partial charge in [-0.3, -0.25) is 0 Å². The van der Waals surface area contributed by atoms with E-state index in [4.69, 9.17) is 4.55 Å². The molecular weight excluding hydrogens is 222 g/mol. The van der Waals surface area contributed by atoms with E-state index in [0.717, 1.165) is 21.8 Å². The maximum atomic E-state index is 11.0. The molecule has 0 radical (unpaired) electrons. The first-order chi connectivity index (χ1) is 7.75. The number of aromatic nitrogens is 1. The number of fused-ring (bicyclic) bond motifs is 3. The van der Waals surface area contributed by atoms with E-state index < -0.39 is 11.1 Å². The molecule has 0 aliphatic heterocycles. The molecule has 0 fully saturated rings. The van der Waals surface area contributed by atoms with Crippen LogP contribution in [0, 0.1) is 0 Å². The Morgan fingerprint density at radius 1 is 1.00 bits per heavy atom. The Bertz CT molecular complexity index is 702. The largest absolute Gasteiger partial charge is 0.354 e. The van der Waals surface area contributed by atoms with Gasteiger partial charge < -0.3 is 9.54 Å². The van der Waals surface area contributed by atoms with E-state index in [0.29, 0.717) is 4.90 Å². The topological polar surface area (TPSA) is 53.1 Å². The standard InChI is InChI=1S/C12H9NO2S/c14-16(15)8-5-6-10-9-3-1-2-4-11(9)13-12(10)7-8/h1-7,13H,(H,14,15). The molecule has 0 aliphatic carbocycles. The Morgan fingerprint density at radius 2 is 1.75 bits per heavy atom. The number of hydrogen-bond donors (Lipinski definition) is 2. The molecule has 2 N–H and O–H groups in total. The second kappa shape index (κ2) is 3.43. The van der Waals surface area contributed by atoms with Crippen LogP contribution in [0.5, 0.6) is 0 Å². The van der Waals surface area contributed by atoms with Crippen LogP contribution in [-0.4, -0.2) is 13.7 Å². The van der Waals surface area contributed by atoms with Crippen molar-refractivity contribution >= 4 is 32.9 Å². The van der Waals surface area contributed by atoms with Gasteiger partial charge in [0.2, 0.25) is 0 Å². The smallest absolute Gasteiger partial charge is 0.186 e. The first-order valence-electron chi connectivity index (χ1n) is 4.87. The summed E-state index contributed by atoms with van der Waals surface area (Å²) in [5.41, 5.74) is 1.93. The van der Waals surface area contributed by atoms with E-state index in [-0.39, 0.29) is 0 Å². The summed E-state index contributed by atoms with van der Waals surface area (Å²) in [6.45, 7) is 0. The summed E-state index contributed by atoms with van der Waals surface area (Å²) in [6, 6.07) is 13.2. The second-order valence-corrected chi connectivity index (χ2v) is 4.60. The molecule has 2 aromatic carbocycles. The van der Waals surface area contributed by atoms with E-state index in [1.165, 1.54) is 0 Å². The molecule has 4 heteroatoms. The number of para-hydroxylation sites is 1. The third-order valence-corrected chi connectivity index (χ3v) is 3.34. The predicted octanol–water partition coefficient (Wildman–Crippen LogP) is 2.90. The van der Waals surface area contributed by atoms with Crippen LogP contribution in [0.4, 0.5) is 0 Å². The van der Waals surface area contributed by atoms with Crippen molar-refractivity contribution in [3.8, 4) is 0 Å². The van der Waals surface area contributed by atoms with Crippen molar-refractivity contribution in [2.45, 2.75) is 4.90 Å². The zero-order valence-electron chi connectivity index (χ0n) is 8.31. The van der Waals surface area contributed by atoms with Crippen molar-refractivity contribution in [3.05, 3.63) is 42.5 Å². The minimum Gasteiger partial charge on any atom is -0.354 e. The minimum absolute atomic E-state index is 0.416. The fourth-order valence-electron chi connectivity index (χ4n) is 1.94. The summed E-state index contributed by atoms with van der Waals surface area (Å²) >= 11 is -1.93. The van der Waals surface area contributed by atoms with E-state index in [1.54, 1.807) is 12.1 Å². The minimum atomic E-state index is -1.93. The molecule has 0 bridgehead atoms. The van der Waals surface area contributed by atoms with Crippen molar-refractivity contribution in [2.24, 2.45) is 0 Å². The molecule has 0 saturated carbocycles. The first-order valence-corrected chi connectivity index (χ1v) is 5.98. The van der Waals surface area contributed by atoms with E-state index in [1.807, 2.05) is 30.3 Å². The van der Waals surface area contributed by atoms with Gasteiger partial charge in [0.05, 0.1) is 4.90 Å². The first kappa shape index (κ1) is 9.57. The average Bonchev–Trinajstić information content (AvgIpc) is 2.66. The van der Waals surface area contributed by atoms with Gasteiger partial charge in [0.25, 0.3) is 0 Å². The summed E-state index contributed by atoms with van der Waals surface area (Å²) < 4.78 is 20.0. The van der Waals surface area contributed by atoms with Gasteiger partial charge in [0, 0.05) is 21.8 Å². The van der Waals surface area contributed by atoms with Crippen LogP contribution in [0.25, 0.3) is 21.8 Å². The van der Waals surface area contributed by atoms with Crippen LogP contribution in [0.1, 0.15) is 0 Å². The summed E-state index contributed by atoms with van der Waals surface area (Å²) in [6.07, 6.45) is 0. The zero-order valence-corrected chi connectivity index (χ0v) is 9.12. The van der Waals surface area contributed by atoms with Gasteiger partial charge >= 0.3 is 0 Å². The molecule has 0 saturated heterocycles. The lowest BCUT2D eigenvalue weighted by Crippen LogP contribution is -1.86. The zero-order chi connectivity index (χ0) is 11.1. The molecular formula is C12H9NO2S. The Labute approximate surface area is 94.4 Å². The molecule has 0 amide bonds. The van der Waals surface area contributed by atoms with E-state index in [9.17, 15) is 4.21 Å². The molecule has 16 heavy (non-hydrogen) atoms. The van der Waals surface area contributed by atoms with Gasteiger partial charge in [-0.25, -0.2) is 4.21 Å².